The Morgan fingerprint density at radius 2 is 2.18 bits per heavy atom. The molecular formula is C9H11NO. The van der Waals surface area contributed by atoms with Gasteiger partial charge in [-0.2, -0.15) is 0 Å². The standard InChI is InChI=1S/C9H11NO/c1-7(11)8-3-2-4-9(10)6-5-8/h3-6H,2,10H2,1H3. The van der Waals surface area contributed by atoms with Crippen LogP contribution in [0.1, 0.15) is 13.3 Å². The quantitative estimate of drug-likeness (QED) is 0.610. The van der Waals surface area contributed by atoms with Crippen LogP contribution in [0, 0.1) is 0 Å². The smallest absolute Gasteiger partial charge is 0.159 e. The first-order chi connectivity index (χ1) is 5.20. The number of carbonyl (C=O) groups is 1. The number of carbonyl (C=O) groups excluding carboxylic acids is 1. The number of allylic oxidation sites excluding steroid dienone is 5. The molecule has 11 heavy (non-hydrogen) atoms. The molecule has 0 bridgehead atoms. The van der Waals surface area contributed by atoms with E-state index in [0.717, 1.165) is 17.7 Å². The van der Waals surface area contributed by atoms with Crippen LogP contribution < -0.4 is 5.73 Å². The fourth-order valence-electron chi connectivity index (χ4n) is 0.905. The largest absolute Gasteiger partial charge is 0.399 e. The summed E-state index contributed by atoms with van der Waals surface area (Å²) in [6, 6.07) is 0. The van der Waals surface area contributed by atoms with Crippen LogP contribution in [0.3, 0.4) is 0 Å². The van der Waals surface area contributed by atoms with Gasteiger partial charge in [0, 0.05) is 11.3 Å². The van der Waals surface area contributed by atoms with E-state index >= 15 is 0 Å². The van der Waals surface area contributed by atoms with Crippen molar-refractivity contribution in [2.75, 3.05) is 0 Å². The summed E-state index contributed by atoms with van der Waals surface area (Å²) in [5, 5.41) is 0. The lowest BCUT2D eigenvalue weighted by Gasteiger charge is -1.90. The van der Waals surface area contributed by atoms with E-state index in [0.29, 0.717) is 0 Å². The Hall–Kier alpha value is -1.31. The number of Topliss-reactive ketones (excluding diaryl/α,β-unsaturated/α-hetero) is 1. The SMILES string of the molecule is CC(=O)C1=CCC=C(N)C=C1. The highest BCUT2D eigenvalue weighted by atomic mass is 16.1. The van der Waals surface area contributed by atoms with Gasteiger partial charge in [-0.05, 0) is 25.5 Å². The third-order valence-electron chi connectivity index (χ3n) is 1.55. The molecule has 0 spiro atoms. The van der Waals surface area contributed by atoms with Gasteiger partial charge in [0.1, 0.15) is 0 Å². The van der Waals surface area contributed by atoms with Gasteiger partial charge in [-0.3, -0.25) is 4.79 Å². The van der Waals surface area contributed by atoms with E-state index in [1.165, 1.54) is 0 Å². The van der Waals surface area contributed by atoms with Crippen LogP contribution >= 0.6 is 0 Å². The average molecular weight is 149 g/mol. The Morgan fingerprint density at radius 1 is 1.45 bits per heavy atom. The van der Waals surface area contributed by atoms with Crippen LogP contribution in [0.15, 0.2) is 35.6 Å². The number of ketones is 1. The molecule has 1 aliphatic carbocycles. The van der Waals surface area contributed by atoms with Crippen molar-refractivity contribution in [2.45, 2.75) is 13.3 Å². The fraction of sp³-hybridized carbons (Fsp3) is 0.222. The molecule has 0 atom stereocenters. The Balaban J connectivity index is 2.82. The van der Waals surface area contributed by atoms with Crippen molar-refractivity contribution in [2.24, 2.45) is 5.73 Å². The molecule has 0 saturated carbocycles. The van der Waals surface area contributed by atoms with Crippen molar-refractivity contribution in [3.63, 3.8) is 0 Å². The predicted molar refractivity (Wildman–Crippen MR) is 44.8 cm³/mol. The van der Waals surface area contributed by atoms with E-state index in [1.54, 1.807) is 19.1 Å². The minimum absolute atomic E-state index is 0.0874. The summed E-state index contributed by atoms with van der Waals surface area (Å²) in [5.41, 5.74) is 6.98. The topological polar surface area (TPSA) is 43.1 Å². The summed E-state index contributed by atoms with van der Waals surface area (Å²) < 4.78 is 0. The van der Waals surface area contributed by atoms with Crippen molar-refractivity contribution in [1.29, 1.82) is 0 Å². The monoisotopic (exact) mass is 149 g/mol. The Kier molecular flexibility index (Phi) is 2.26. The first-order valence-electron chi connectivity index (χ1n) is 3.55. The van der Waals surface area contributed by atoms with Crippen LogP contribution in [-0.2, 0) is 4.79 Å². The molecule has 0 saturated heterocycles. The van der Waals surface area contributed by atoms with Gasteiger partial charge >= 0.3 is 0 Å². The van der Waals surface area contributed by atoms with Gasteiger partial charge < -0.3 is 5.73 Å². The van der Waals surface area contributed by atoms with Gasteiger partial charge in [-0.1, -0.05) is 12.2 Å². The second kappa shape index (κ2) is 3.19. The molecule has 0 radical (unpaired) electrons. The molecule has 0 aromatic heterocycles. The summed E-state index contributed by atoms with van der Waals surface area (Å²) >= 11 is 0. The molecule has 1 aliphatic rings. The van der Waals surface area contributed by atoms with Gasteiger partial charge in [0.2, 0.25) is 0 Å². The molecule has 0 unspecified atom stereocenters. The third kappa shape index (κ3) is 2.08. The lowest BCUT2D eigenvalue weighted by Crippen LogP contribution is -1.93. The highest BCUT2D eigenvalue weighted by Gasteiger charge is 1.99. The zero-order chi connectivity index (χ0) is 8.27. The molecule has 0 aromatic rings. The maximum atomic E-state index is 10.9. The lowest BCUT2D eigenvalue weighted by atomic mass is 10.1. The lowest BCUT2D eigenvalue weighted by molar-refractivity contribution is -0.113. The number of hydrogen-bond acceptors (Lipinski definition) is 2. The third-order valence-corrected chi connectivity index (χ3v) is 1.55. The van der Waals surface area contributed by atoms with Gasteiger partial charge in [0.15, 0.2) is 5.78 Å². The summed E-state index contributed by atoms with van der Waals surface area (Å²) in [7, 11) is 0. The van der Waals surface area contributed by atoms with E-state index < -0.39 is 0 Å². The molecular weight excluding hydrogens is 138 g/mol. The minimum atomic E-state index is 0.0874. The van der Waals surface area contributed by atoms with Gasteiger partial charge in [0.25, 0.3) is 0 Å². The van der Waals surface area contributed by atoms with E-state index in [-0.39, 0.29) is 5.78 Å². The van der Waals surface area contributed by atoms with Crippen molar-refractivity contribution in [3.05, 3.63) is 35.6 Å². The molecule has 2 N–H and O–H groups in total. The molecule has 2 nitrogen and oxygen atoms in total. The van der Waals surface area contributed by atoms with Gasteiger partial charge in [-0.15, -0.1) is 0 Å². The normalized spacial score (nSPS) is 16.8. The predicted octanol–water partition coefficient (Wildman–Crippen LogP) is 1.30. The Bertz CT molecular complexity index is 259. The second-order valence-electron chi connectivity index (χ2n) is 2.49. The average Bonchev–Trinajstić information content (AvgIpc) is 2.13. The van der Waals surface area contributed by atoms with Crippen LogP contribution in [0.5, 0.6) is 0 Å². The van der Waals surface area contributed by atoms with E-state index in [2.05, 4.69) is 0 Å². The molecule has 1 rings (SSSR count). The summed E-state index contributed by atoms with van der Waals surface area (Å²) in [5.74, 6) is 0.0874. The first kappa shape index (κ1) is 7.79. The van der Waals surface area contributed by atoms with Crippen molar-refractivity contribution in [1.82, 2.24) is 0 Å². The van der Waals surface area contributed by atoms with Crippen molar-refractivity contribution < 1.29 is 4.79 Å². The maximum absolute atomic E-state index is 10.9. The fourth-order valence-corrected chi connectivity index (χ4v) is 0.905. The second-order valence-corrected chi connectivity index (χ2v) is 2.49. The van der Waals surface area contributed by atoms with E-state index in [1.807, 2.05) is 12.2 Å². The summed E-state index contributed by atoms with van der Waals surface area (Å²) in [4.78, 5) is 10.9. The Labute approximate surface area is 66.1 Å². The number of rotatable bonds is 1. The molecule has 0 heterocycles. The van der Waals surface area contributed by atoms with Crippen LogP contribution in [0.4, 0.5) is 0 Å². The van der Waals surface area contributed by atoms with Gasteiger partial charge in [-0.25, -0.2) is 0 Å². The molecule has 0 aliphatic heterocycles. The molecule has 0 fully saturated rings. The summed E-state index contributed by atoms with van der Waals surface area (Å²) in [6.45, 7) is 1.55. The van der Waals surface area contributed by atoms with Crippen LogP contribution in [-0.4, -0.2) is 5.78 Å². The van der Waals surface area contributed by atoms with Crippen molar-refractivity contribution in [3.8, 4) is 0 Å². The van der Waals surface area contributed by atoms with Gasteiger partial charge in [0.05, 0.1) is 0 Å². The van der Waals surface area contributed by atoms with E-state index in [4.69, 9.17) is 5.73 Å². The molecule has 2 heteroatoms. The van der Waals surface area contributed by atoms with E-state index in [9.17, 15) is 4.79 Å². The zero-order valence-electron chi connectivity index (χ0n) is 6.50. The summed E-state index contributed by atoms with van der Waals surface area (Å²) in [6.07, 6.45) is 8.00. The maximum Gasteiger partial charge on any atom is 0.159 e. The molecule has 0 aromatic carbocycles. The minimum Gasteiger partial charge on any atom is -0.399 e. The highest BCUT2D eigenvalue weighted by Crippen LogP contribution is 2.07. The molecule has 58 valence electrons. The van der Waals surface area contributed by atoms with Crippen LogP contribution in [0.25, 0.3) is 0 Å². The Morgan fingerprint density at radius 3 is 2.82 bits per heavy atom. The first-order valence-corrected chi connectivity index (χ1v) is 3.55. The zero-order valence-corrected chi connectivity index (χ0v) is 6.50. The number of nitrogens with two attached hydrogens (primary N) is 1. The van der Waals surface area contributed by atoms with Crippen molar-refractivity contribution >= 4 is 5.78 Å². The molecule has 0 amide bonds. The number of hydrogen-bond donors (Lipinski definition) is 1. The highest BCUT2D eigenvalue weighted by molar-refractivity contribution is 5.96. The van der Waals surface area contributed by atoms with Crippen LogP contribution in [0.2, 0.25) is 0 Å².